The normalized spacial score (nSPS) is 25.4. The SMILES string of the molecule is CCC(N)C(c1ccc(Cl)cc1)N1CCS(=O)(=O)CC1C. The molecule has 4 nitrogen and oxygen atoms in total. The van der Waals surface area contributed by atoms with E-state index >= 15 is 0 Å². The van der Waals surface area contributed by atoms with E-state index in [-0.39, 0.29) is 29.6 Å². The fourth-order valence-electron chi connectivity index (χ4n) is 2.99. The molecule has 1 fully saturated rings. The molecule has 3 atom stereocenters. The third-order valence-electron chi connectivity index (χ3n) is 4.17. The van der Waals surface area contributed by atoms with Crippen LogP contribution in [0.5, 0.6) is 0 Å². The molecule has 0 aromatic heterocycles. The molecule has 1 saturated heterocycles. The minimum absolute atomic E-state index is 0.0257. The largest absolute Gasteiger partial charge is 0.326 e. The predicted octanol–water partition coefficient (Wildman–Crippen LogP) is 2.24. The zero-order chi connectivity index (χ0) is 15.6. The van der Waals surface area contributed by atoms with Gasteiger partial charge in [0.1, 0.15) is 0 Å². The number of sulfone groups is 1. The Bertz CT molecular complexity index is 574. The van der Waals surface area contributed by atoms with Gasteiger partial charge in [-0.3, -0.25) is 4.90 Å². The quantitative estimate of drug-likeness (QED) is 0.919. The van der Waals surface area contributed by atoms with Gasteiger partial charge in [0.2, 0.25) is 0 Å². The molecule has 0 bridgehead atoms. The third kappa shape index (κ3) is 3.97. The maximum atomic E-state index is 11.8. The highest BCUT2D eigenvalue weighted by atomic mass is 35.5. The van der Waals surface area contributed by atoms with E-state index in [0.717, 1.165) is 12.0 Å². The molecule has 2 rings (SSSR count). The summed E-state index contributed by atoms with van der Waals surface area (Å²) < 4.78 is 23.5. The number of nitrogens with two attached hydrogens (primary N) is 1. The van der Waals surface area contributed by atoms with Crippen molar-refractivity contribution in [1.29, 1.82) is 0 Å². The third-order valence-corrected chi connectivity index (χ3v) is 6.21. The summed E-state index contributed by atoms with van der Waals surface area (Å²) in [4.78, 5) is 2.22. The van der Waals surface area contributed by atoms with Crippen molar-refractivity contribution in [3.05, 3.63) is 34.9 Å². The first kappa shape index (κ1) is 16.7. The topological polar surface area (TPSA) is 63.4 Å². The van der Waals surface area contributed by atoms with Gasteiger partial charge < -0.3 is 5.73 Å². The second-order valence-electron chi connectivity index (χ2n) is 5.77. The van der Waals surface area contributed by atoms with Crippen LogP contribution in [-0.4, -0.2) is 43.5 Å². The van der Waals surface area contributed by atoms with Crippen LogP contribution in [0.25, 0.3) is 0 Å². The number of nitrogens with zero attached hydrogens (tertiary/aromatic N) is 1. The Labute approximate surface area is 132 Å². The van der Waals surface area contributed by atoms with Gasteiger partial charge in [-0.05, 0) is 31.0 Å². The fourth-order valence-corrected chi connectivity index (χ4v) is 4.70. The van der Waals surface area contributed by atoms with E-state index in [4.69, 9.17) is 17.3 Å². The Kier molecular flexibility index (Phi) is 5.30. The van der Waals surface area contributed by atoms with Gasteiger partial charge >= 0.3 is 0 Å². The molecule has 1 aliphatic rings. The second kappa shape index (κ2) is 6.65. The van der Waals surface area contributed by atoms with E-state index in [2.05, 4.69) is 11.8 Å². The highest BCUT2D eigenvalue weighted by molar-refractivity contribution is 7.91. The molecule has 0 saturated carbocycles. The van der Waals surface area contributed by atoms with Gasteiger partial charge in [0.15, 0.2) is 9.84 Å². The van der Waals surface area contributed by atoms with E-state index in [9.17, 15) is 8.42 Å². The molecule has 118 valence electrons. The van der Waals surface area contributed by atoms with E-state index in [0.29, 0.717) is 11.6 Å². The molecule has 0 amide bonds. The fraction of sp³-hybridized carbons (Fsp3) is 0.600. The van der Waals surface area contributed by atoms with Crippen molar-refractivity contribution in [2.24, 2.45) is 5.73 Å². The monoisotopic (exact) mass is 330 g/mol. The zero-order valence-corrected chi connectivity index (χ0v) is 14.1. The van der Waals surface area contributed by atoms with Crippen molar-refractivity contribution in [3.63, 3.8) is 0 Å². The lowest BCUT2D eigenvalue weighted by atomic mass is 9.95. The lowest BCUT2D eigenvalue weighted by molar-refractivity contribution is 0.134. The Balaban J connectivity index is 2.30. The van der Waals surface area contributed by atoms with Crippen LogP contribution < -0.4 is 5.73 Å². The predicted molar refractivity (Wildman–Crippen MR) is 87.3 cm³/mol. The van der Waals surface area contributed by atoms with Crippen LogP contribution in [0.15, 0.2) is 24.3 Å². The average molecular weight is 331 g/mol. The van der Waals surface area contributed by atoms with E-state index in [1.54, 1.807) is 0 Å². The Hall–Kier alpha value is -0.620. The molecule has 1 aromatic carbocycles. The van der Waals surface area contributed by atoms with Gasteiger partial charge in [-0.2, -0.15) is 0 Å². The van der Waals surface area contributed by atoms with Crippen molar-refractivity contribution in [2.45, 2.75) is 38.4 Å². The summed E-state index contributed by atoms with van der Waals surface area (Å²) in [6.45, 7) is 4.55. The molecule has 0 spiro atoms. The van der Waals surface area contributed by atoms with Crippen molar-refractivity contribution >= 4 is 21.4 Å². The molecule has 2 N–H and O–H groups in total. The van der Waals surface area contributed by atoms with Gasteiger partial charge in [0.05, 0.1) is 17.5 Å². The van der Waals surface area contributed by atoms with E-state index in [1.165, 1.54) is 0 Å². The van der Waals surface area contributed by atoms with Crippen LogP contribution in [0, 0.1) is 0 Å². The molecular weight excluding hydrogens is 308 g/mol. The summed E-state index contributed by atoms with van der Waals surface area (Å²) in [5, 5.41) is 0.692. The maximum Gasteiger partial charge on any atom is 0.153 e. The smallest absolute Gasteiger partial charge is 0.153 e. The lowest BCUT2D eigenvalue weighted by Crippen LogP contribution is -2.52. The van der Waals surface area contributed by atoms with E-state index < -0.39 is 9.84 Å². The van der Waals surface area contributed by atoms with Gasteiger partial charge in [0, 0.05) is 23.7 Å². The minimum Gasteiger partial charge on any atom is -0.326 e. The van der Waals surface area contributed by atoms with Crippen molar-refractivity contribution in [1.82, 2.24) is 4.90 Å². The average Bonchev–Trinajstić information content (AvgIpc) is 2.42. The van der Waals surface area contributed by atoms with Crippen LogP contribution in [0.3, 0.4) is 0 Å². The Morgan fingerprint density at radius 3 is 2.52 bits per heavy atom. The Morgan fingerprint density at radius 2 is 2.00 bits per heavy atom. The van der Waals surface area contributed by atoms with Crippen molar-refractivity contribution < 1.29 is 8.42 Å². The lowest BCUT2D eigenvalue weighted by Gasteiger charge is -2.42. The summed E-state index contributed by atoms with van der Waals surface area (Å²) in [5.74, 6) is 0.408. The number of rotatable bonds is 4. The van der Waals surface area contributed by atoms with Gasteiger partial charge in [-0.1, -0.05) is 30.7 Å². The van der Waals surface area contributed by atoms with Gasteiger partial charge in [0.25, 0.3) is 0 Å². The molecule has 1 aliphatic heterocycles. The molecule has 0 aliphatic carbocycles. The van der Waals surface area contributed by atoms with Crippen LogP contribution in [0.4, 0.5) is 0 Å². The first-order valence-electron chi connectivity index (χ1n) is 7.31. The summed E-state index contributed by atoms with van der Waals surface area (Å²) in [5.41, 5.74) is 7.42. The molecule has 1 heterocycles. The van der Waals surface area contributed by atoms with Gasteiger partial charge in [-0.15, -0.1) is 0 Å². The minimum atomic E-state index is -2.92. The van der Waals surface area contributed by atoms with Gasteiger partial charge in [-0.25, -0.2) is 8.42 Å². The summed E-state index contributed by atoms with van der Waals surface area (Å²) in [6.07, 6.45) is 0.837. The standard InChI is InChI=1S/C15H23ClN2O2S/c1-3-14(17)15(12-4-6-13(16)7-5-12)18-8-9-21(19,20)10-11(18)2/h4-7,11,14-15H,3,8-10,17H2,1-2H3. The molecule has 21 heavy (non-hydrogen) atoms. The molecule has 1 aromatic rings. The molecule has 0 radical (unpaired) electrons. The van der Waals surface area contributed by atoms with Crippen LogP contribution in [0.2, 0.25) is 5.02 Å². The zero-order valence-electron chi connectivity index (χ0n) is 12.5. The number of hydrogen-bond donors (Lipinski definition) is 1. The number of benzene rings is 1. The number of hydrogen-bond acceptors (Lipinski definition) is 4. The first-order valence-corrected chi connectivity index (χ1v) is 9.51. The second-order valence-corrected chi connectivity index (χ2v) is 8.43. The molecule has 3 unspecified atom stereocenters. The van der Waals surface area contributed by atoms with Crippen LogP contribution >= 0.6 is 11.6 Å². The van der Waals surface area contributed by atoms with Crippen molar-refractivity contribution in [3.8, 4) is 0 Å². The summed E-state index contributed by atoms with van der Waals surface area (Å²) in [7, 11) is -2.92. The number of halogens is 1. The first-order chi connectivity index (χ1) is 9.84. The van der Waals surface area contributed by atoms with Crippen LogP contribution in [-0.2, 0) is 9.84 Å². The molecule has 6 heteroatoms. The summed E-state index contributed by atoms with van der Waals surface area (Å²) in [6, 6.07) is 7.65. The van der Waals surface area contributed by atoms with Crippen molar-refractivity contribution in [2.75, 3.05) is 18.1 Å². The highest BCUT2D eigenvalue weighted by Crippen LogP contribution is 2.30. The highest BCUT2D eigenvalue weighted by Gasteiger charge is 2.35. The van der Waals surface area contributed by atoms with Crippen LogP contribution in [0.1, 0.15) is 31.9 Å². The maximum absolute atomic E-state index is 11.8. The molecular formula is C15H23ClN2O2S. The van der Waals surface area contributed by atoms with E-state index in [1.807, 2.05) is 31.2 Å². The summed E-state index contributed by atoms with van der Waals surface area (Å²) >= 11 is 5.96. The Morgan fingerprint density at radius 1 is 1.38 bits per heavy atom.